The fraction of sp³-hybridized carbons (Fsp3) is 0.562. The SMILES string of the molecule is CCNCc1cc(Br)ccc1N1CCC(CC(N)=O)CC1. The first-order valence-electron chi connectivity index (χ1n) is 7.62. The van der Waals surface area contributed by atoms with Crippen molar-refractivity contribution in [3.8, 4) is 0 Å². The predicted molar refractivity (Wildman–Crippen MR) is 90.3 cm³/mol. The van der Waals surface area contributed by atoms with Gasteiger partial charge >= 0.3 is 0 Å². The highest BCUT2D eigenvalue weighted by molar-refractivity contribution is 9.10. The van der Waals surface area contributed by atoms with E-state index in [1.165, 1.54) is 11.3 Å². The molecule has 116 valence electrons. The van der Waals surface area contributed by atoms with Crippen LogP contribution in [0.5, 0.6) is 0 Å². The summed E-state index contributed by atoms with van der Waals surface area (Å²) < 4.78 is 1.11. The summed E-state index contributed by atoms with van der Waals surface area (Å²) in [5.41, 5.74) is 7.92. The lowest BCUT2D eigenvalue weighted by Gasteiger charge is -2.34. The Labute approximate surface area is 135 Å². The van der Waals surface area contributed by atoms with Crippen molar-refractivity contribution < 1.29 is 4.79 Å². The van der Waals surface area contributed by atoms with Gasteiger partial charge < -0.3 is 16.0 Å². The lowest BCUT2D eigenvalue weighted by molar-refractivity contribution is -0.119. The quantitative estimate of drug-likeness (QED) is 0.826. The number of anilines is 1. The molecule has 0 bridgehead atoms. The number of nitrogens with one attached hydrogen (secondary N) is 1. The first-order chi connectivity index (χ1) is 10.1. The second-order valence-corrected chi connectivity index (χ2v) is 6.57. The summed E-state index contributed by atoms with van der Waals surface area (Å²) in [7, 11) is 0. The van der Waals surface area contributed by atoms with Gasteiger partial charge in [0, 0.05) is 36.2 Å². The van der Waals surface area contributed by atoms with Crippen LogP contribution in [0.4, 0.5) is 5.69 Å². The van der Waals surface area contributed by atoms with E-state index in [0.29, 0.717) is 12.3 Å². The maximum atomic E-state index is 11.0. The van der Waals surface area contributed by atoms with Crippen LogP contribution < -0.4 is 16.0 Å². The van der Waals surface area contributed by atoms with Crippen molar-refractivity contribution in [2.24, 2.45) is 11.7 Å². The van der Waals surface area contributed by atoms with Gasteiger partial charge in [-0.3, -0.25) is 4.79 Å². The molecular formula is C16H24BrN3O. The van der Waals surface area contributed by atoms with Crippen molar-refractivity contribution in [3.63, 3.8) is 0 Å². The van der Waals surface area contributed by atoms with Gasteiger partial charge in [-0.15, -0.1) is 0 Å². The van der Waals surface area contributed by atoms with Crippen molar-refractivity contribution in [1.29, 1.82) is 0 Å². The van der Waals surface area contributed by atoms with Gasteiger partial charge in [-0.2, -0.15) is 0 Å². The van der Waals surface area contributed by atoms with E-state index >= 15 is 0 Å². The molecule has 0 atom stereocenters. The van der Waals surface area contributed by atoms with Crippen LogP contribution in [-0.2, 0) is 11.3 Å². The first kappa shape index (κ1) is 16.3. The van der Waals surface area contributed by atoms with Crippen molar-refractivity contribution in [3.05, 3.63) is 28.2 Å². The van der Waals surface area contributed by atoms with Gasteiger partial charge in [0.25, 0.3) is 0 Å². The van der Waals surface area contributed by atoms with Gasteiger partial charge in [0.15, 0.2) is 0 Å². The number of nitrogens with zero attached hydrogens (tertiary/aromatic N) is 1. The van der Waals surface area contributed by atoms with E-state index in [1.54, 1.807) is 0 Å². The summed E-state index contributed by atoms with van der Waals surface area (Å²) in [5, 5.41) is 3.40. The summed E-state index contributed by atoms with van der Waals surface area (Å²) in [5.74, 6) is 0.274. The predicted octanol–water partition coefficient (Wildman–Crippen LogP) is 2.65. The first-order valence-corrected chi connectivity index (χ1v) is 8.41. The summed E-state index contributed by atoms with van der Waals surface area (Å²) in [4.78, 5) is 13.5. The van der Waals surface area contributed by atoms with Gasteiger partial charge in [0.05, 0.1) is 0 Å². The van der Waals surface area contributed by atoms with Crippen LogP contribution in [0, 0.1) is 5.92 Å². The average Bonchev–Trinajstić information content (AvgIpc) is 2.46. The lowest BCUT2D eigenvalue weighted by atomic mass is 9.92. The molecule has 1 fully saturated rings. The van der Waals surface area contributed by atoms with Crippen molar-refractivity contribution in [2.45, 2.75) is 32.7 Å². The van der Waals surface area contributed by atoms with Crippen LogP contribution in [0.1, 0.15) is 31.7 Å². The zero-order valence-electron chi connectivity index (χ0n) is 12.6. The molecule has 0 unspecified atom stereocenters. The lowest BCUT2D eigenvalue weighted by Crippen LogP contribution is -2.35. The Morgan fingerprint density at radius 3 is 2.76 bits per heavy atom. The van der Waals surface area contributed by atoms with Crippen LogP contribution in [0.15, 0.2) is 22.7 Å². The second-order valence-electron chi connectivity index (χ2n) is 5.65. The summed E-state index contributed by atoms with van der Waals surface area (Å²) in [6.07, 6.45) is 2.61. The molecule has 1 saturated heterocycles. The molecule has 1 aromatic rings. The van der Waals surface area contributed by atoms with E-state index in [-0.39, 0.29) is 5.91 Å². The fourth-order valence-electron chi connectivity index (χ4n) is 2.93. The third kappa shape index (κ3) is 4.71. The molecule has 1 amide bonds. The van der Waals surface area contributed by atoms with E-state index in [0.717, 1.165) is 43.5 Å². The number of benzene rings is 1. The largest absolute Gasteiger partial charge is 0.371 e. The Morgan fingerprint density at radius 2 is 2.14 bits per heavy atom. The van der Waals surface area contributed by atoms with E-state index in [4.69, 9.17) is 5.73 Å². The molecule has 0 aromatic heterocycles. The van der Waals surface area contributed by atoms with Crippen molar-refractivity contribution in [2.75, 3.05) is 24.5 Å². The molecule has 4 nitrogen and oxygen atoms in total. The molecule has 1 heterocycles. The van der Waals surface area contributed by atoms with Crippen molar-refractivity contribution in [1.82, 2.24) is 5.32 Å². The molecule has 21 heavy (non-hydrogen) atoms. The number of hydrogen-bond acceptors (Lipinski definition) is 3. The van der Waals surface area contributed by atoms with Gasteiger partial charge in [-0.25, -0.2) is 0 Å². The number of nitrogens with two attached hydrogens (primary N) is 1. The smallest absolute Gasteiger partial charge is 0.217 e. The van der Waals surface area contributed by atoms with E-state index < -0.39 is 0 Å². The molecule has 1 aliphatic rings. The number of carbonyl (C=O) groups is 1. The zero-order chi connectivity index (χ0) is 15.2. The Kier molecular flexibility index (Phi) is 6.06. The maximum Gasteiger partial charge on any atom is 0.217 e. The van der Waals surface area contributed by atoms with Crippen LogP contribution >= 0.6 is 15.9 Å². The highest BCUT2D eigenvalue weighted by Crippen LogP contribution is 2.29. The molecule has 0 saturated carbocycles. The Hall–Kier alpha value is -1.07. The minimum absolute atomic E-state index is 0.176. The summed E-state index contributed by atoms with van der Waals surface area (Å²) >= 11 is 3.55. The topological polar surface area (TPSA) is 58.4 Å². The highest BCUT2D eigenvalue weighted by Gasteiger charge is 2.22. The van der Waals surface area contributed by atoms with E-state index in [9.17, 15) is 4.79 Å². The molecule has 1 aromatic carbocycles. The molecule has 2 rings (SSSR count). The van der Waals surface area contributed by atoms with E-state index in [2.05, 4.69) is 51.3 Å². The number of hydrogen-bond donors (Lipinski definition) is 2. The van der Waals surface area contributed by atoms with Crippen molar-refractivity contribution >= 4 is 27.5 Å². The number of carbonyl (C=O) groups excluding carboxylic acids is 1. The summed E-state index contributed by atoms with van der Waals surface area (Å²) in [6.45, 7) is 5.96. The standard InChI is InChI=1S/C16H24BrN3O/c1-2-19-11-13-10-14(17)3-4-15(13)20-7-5-12(6-8-20)9-16(18)21/h3-4,10,12,19H,2,5-9,11H2,1H3,(H2,18,21). The minimum Gasteiger partial charge on any atom is -0.371 e. The number of amides is 1. The molecule has 0 radical (unpaired) electrons. The number of primary amides is 1. The van der Waals surface area contributed by atoms with Gasteiger partial charge in [0.1, 0.15) is 0 Å². The minimum atomic E-state index is -0.176. The number of rotatable bonds is 6. The Balaban J connectivity index is 2.03. The fourth-order valence-corrected chi connectivity index (χ4v) is 3.33. The van der Waals surface area contributed by atoms with Crippen LogP contribution in [-0.4, -0.2) is 25.5 Å². The van der Waals surface area contributed by atoms with Gasteiger partial charge in [-0.05, 0) is 49.1 Å². The molecule has 1 aliphatic heterocycles. The average molecular weight is 354 g/mol. The molecule has 5 heteroatoms. The zero-order valence-corrected chi connectivity index (χ0v) is 14.2. The highest BCUT2D eigenvalue weighted by atomic mass is 79.9. The van der Waals surface area contributed by atoms with Gasteiger partial charge in [-0.1, -0.05) is 22.9 Å². The number of halogens is 1. The molecule has 0 aliphatic carbocycles. The maximum absolute atomic E-state index is 11.0. The second kappa shape index (κ2) is 7.80. The Bertz CT molecular complexity index is 484. The van der Waals surface area contributed by atoms with Crippen LogP contribution in [0.25, 0.3) is 0 Å². The Morgan fingerprint density at radius 1 is 1.43 bits per heavy atom. The van der Waals surface area contributed by atoms with Crippen LogP contribution in [0.3, 0.4) is 0 Å². The summed E-state index contributed by atoms with van der Waals surface area (Å²) in [6, 6.07) is 6.47. The third-order valence-corrected chi connectivity index (χ3v) is 4.55. The van der Waals surface area contributed by atoms with E-state index in [1.807, 2.05) is 0 Å². The third-order valence-electron chi connectivity index (χ3n) is 4.05. The molecular weight excluding hydrogens is 330 g/mol. The number of piperidine rings is 1. The molecule has 3 N–H and O–H groups in total. The van der Waals surface area contributed by atoms with Crippen LogP contribution in [0.2, 0.25) is 0 Å². The normalized spacial score (nSPS) is 16.2. The molecule has 0 spiro atoms. The van der Waals surface area contributed by atoms with Gasteiger partial charge in [0.2, 0.25) is 5.91 Å². The monoisotopic (exact) mass is 353 g/mol.